The van der Waals surface area contributed by atoms with Gasteiger partial charge >= 0.3 is 0 Å². The second-order valence-corrected chi connectivity index (χ2v) is 3.41. The molecule has 0 bridgehead atoms. The summed E-state index contributed by atoms with van der Waals surface area (Å²) in [5, 5.41) is 0. The molecule has 1 rings (SSSR count). The number of hydrogen-bond donors (Lipinski definition) is 0. The minimum absolute atomic E-state index is 0.00340. The van der Waals surface area contributed by atoms with Gasteiger partial charge in [-0.3, -0.25) is 4.79 Å². The fraction of sp³-hybridized carbons (Fsp3) is 0.308. The molecule has 0 fully saturated rings. The molecule has 0 aliphatic carbocycles. The molecule has 92 valence electrons. The number of methoxy groups -OCH3 is 2. The normalized spacial score (nSPS) is 10.5. The Hall–Kier alpha value is -1.81. The highest BCUT2D eigenvalue weighted by atomic mass is 16.7. The molecule has 0 aliphatic heterocycles. The van der Waals surface area contributed by atoms with Gasteiger partial charge in [0, 0.05) is 7.11 Å². The standard InChI is InChI=1S/C13H16O4/c1-10(14)4-5-11-6-7-12(17-9-15-2)13(8-11)16-3/h4-8H,9H2,1-3H3/b5-4+. The molecule has 0 spiro atoms. The van der Waals surface area contributed by atoms with Gasteiger partial charge in [-0.2, -0.15) is 0 Å². The number of allylic oxidation sites excluding steroid dienone is 1. The largest absolute Gasteiger partial charge is 0.493 e. The molecule has 0 atom stereocenters. The van der Waals surface area contributed by atoms with Crippen molar-refractivity contribution in [3.63, 3.8) is 0 Å². The van der Waals surface area contributed by atoms with Crippen molar-refractivity contribution in [1.82, 2.24) is 0 Å². The van der Waals surface area contributed by atoms with Crippen LogP contribution in [-0.4, -0.2) is 26.8 Å². The maximum Gasteiger partial charge on any atom is 0.188 e. The molecule has 0 amide bonds. The van der Waals surface area contributed by atoms with Gasteiger partial charge < -0.3 is 14.2 Å². The van der Waals surface area contributed by atoms with Gasteiger partial charge in [-0.05, 0) is 30.7 Å². The van der Waals surface area contributed by atoms with E-state index in [-0.39, 0.29) is 12.6 Å². The highest BCUT2D eigenvalue weighted by molar-refractivity contribution is 5.91. The molecule has 0 aliphatic rings. The molecule has 0 saturated carbocycles. The van der Waals surface area contributed by atoms with E-state index in [1.54, 1.807) is 32.4 Å². The predicted molar refractivity (Wildman–Crippen MR) is 65.2 cm³/mol. The van der Waals surface area contributed by atoms with Gasteiger partial charge in [-0.15, -0.1) is 0 Å². The van der Waals surface area contributed by atoms with Crippen molar-refractivity contribution in [2.75, 3.05) is 21.0 Å². The predicted octanol–water partition coefficient (Wildman–Crippen LogP) is 2.28. The van der Waals surface area contributed by atoms with E-state index in [1.165, 1.54) is 13.0 Å². The third-order valence-electron chi connectivity index (χ3n) is 2.03. The van der Waals surface area contributed by atoms with E-state index in [1.807, 2.05) is 6.07 Å². The summed E-state index contributed by atoms with van der Waals surface area (Å²) in [6.45, 7) is 1.67. The van der Waals surface area contributed by atoms with Crippen LogP contribution >= 0.6 is 0 Å². The van der Waals surface area contributed by atoms with Crippen LogP contribution in [0.2, 0.25) is 0 Å². The summed E-state index contributed by atoms with van der Waals surface area (Å²) < 4.78 is 15.3. The Bertz CT molecular complexity index is 410. The van der Waals surface area contributed by atoms with Gasteiger partial charge in [-0.25, -0.2) is 0 Å². The molecule has 4 heteroatoms. The zero-order chi connectivity index (χ0) is 12.7. The number of ether oxygens (including phenoxy) is 3. The number of ketones is 1. The summed E-state index contributed by atoms with van der Waals surface area (Å²) in [5.74, 6) is 1.21. The summed E-state index contributed by atoms with van der Waals surface area (Å²) in [4.78, 5) is 10.8. The minimum atomic E-state index is 0.00340. The van der Waals surface area contributed by atoms with Gasteiger partial charge in [0.1, 0.15) is 0 Å². The average Bonchev–Trinajstić information content (AvgIpc) is 2.34. The van der Waals surface area contributed by atoms with E-state index >= 15 is 0 Å². The lowest BCUT2D eigenvalue weighted by Gasteiger charge is -2.10. The Morgan fingerprint density at radius 1 is 1.29 bits per heavy atom. The van der Waals surface area contributed by atoms with Crippen LogP contribution in [0.3, 0.4) is 0 Å². The fourth-order valence-corrected chi connectivity index (χ4v) is 1.24. The van der Waals surface area contributed by atoms with Crippen LogP contribution in [0.1, 0.15) is 12.5 Å². The summed E-state index contributed by atoms with van der Waals surface area (Å²) in [6.07, 6.45) is 3.23. The molecule has 0 radical (unpaired) electrons. The van der Waals surface area contributed by atoms with Crippen LogP contribution in [0.5, 0.6) is 11.5 Å². The van der Waals surface area contributed by atoms with Crippen LogP contribution < -0.4 is 9.47 Å². The second-order valence-electron chi connectivity index (χ2n) is 3.41. The first kappa shape index (κ1) is 13.3. The number of benzene rings is 1. The molecule has 4 nitrogen and oxygen atoms in total. The minimum Gasteiger partial charge on any atom is -0.493 e. The molecule has 0 heterocycles. The third kappa shape index (κ3) is 4.28. The Labute approximate surface area is 101 Å². The van der Waals surface area contributed by atoms with Crippen LogP contribution in [0.4, 0.5) is 0 Å². The summed E-state index contributed by atoms with van der Waals surface area (Å²) >= 11 is 0. The summed E-state index contributed by atoms with van der Waals surface area (Å²) in [6, 6.07) is 5.41. The van der Waals surface area contributed by atoms with Crippen LogP contribution in [0.15, 0.2) is 24.3 Å². The Balaban J connectivity index is 2.87. The maximum absolute atomic E-state index is 10.8. The topological polar surface area (TPSA) is 44.8 Å². The van der Waals surface area contributed by atoms with E-state index in [2.05, 4.69) is 0 Å². The first-order valence-corrected chi connectivity index (χ1v) is 5.15. The van der Waals surface area contributed by atoms with Crippen LogP contribution in [-0.2, 0) is 9.53 Å². The van der Waals surface area contributed by atoms with Crippen LogP contribution in [0, 0.1) is 0 Å². The lowest BCUT2D eigenvalue weighted by molar-refractivity contribution is -0.112. The van der Waals surface area contributed by atoms with Crippen molar-refractivity contribution in [1.29, 1.82) is 0 Å². The molecule has 0 unspecified atom stereocenters. The van der Waals surface area contributed by atoms with E-state index in [4.69, 9.17) is 14.2 Å². The molecule has 0 N–H and O–H groups in total. The number of hydrogen-bond acceptors (Lipinski definition) is 4. The molecule has 1 aromatic rings. The Morgan fingerprint density at radius 3 is 2.65 bits per heavy atom. The van der Waals surface area contributed by atoms with Crippen molar-refractivity contribution in [3.8, 4) is 11.5 Å². The van der Waals surface area contributed by atoms with E-state index in [0.29, 0.717) is 11.5 Å². The Morgan fingerprint density at radius 2 is 2.06 bits per heavy atom. The van der Waals surface area contributed by atoms with Gasteiger partial charge in [0.25, 0.3) is 0 Å². The first-order valence-electron chi connectivity index (χ1n) is 5.15. The van der Waals surface area contributed by atoms with Crippen molar-refractivity contribution in [3.05, 3.63) is 29.8 Å². The molecule has 0 saturated heterocycles. The number of carbonyl (C=O) groups excluding carboxylic acids is 1. The van der Waals surface area contributed by atoms with Crippen molar-refractivity contribution >= 4 is 11.9 Å². The smallest absolute Gasteiger partial charge is 0.188 e. The average molecular weight is 236 g/mol. The number of rotatable bonds is 6. The second kappa shape index (κ2) is 6.70. The maximum atomic E-state index is 10.8. The lowest BCUT2D eigenvalue weighted by atomic mass is 10.2. The van der Waals surface area contributed by atoms with Gasteiger partial charge in [0.2, 0.25) is 0 Å². The molecule has 0 aromatic heterocycles. The van der Waals surface area contributed by atoms with Crippen LogP contribution in [0.25, 0.3) is 6.08 Å². The fourth-order valence-electron chi connectivity index (χ4n) is 1.24. The van der Waals surface area contributed by atoms with Gasteiger partial charge in [0.15, 0.2) is 24.1 Å². The monoisotopic (exact) mass is 236 g/mol. The SMILES string of the molecule is COCOc1ccc(/C=C/C(C)=O)cc1OC. The first-order chi connectivity index (χ1) is 8.17. The summed E-state index contributed by atoms with van der Waals surface area (Å²) in [7, 11) is 3.11. The van der Waals surface area contributed by atoms with Crippen molar-refractivity contribution in [2.24, 2.45) is 0 Å². The molecule has 17 heavy (non-hydrogen) atoms. The highest BCUT2D eigenvalue weighted by Gasteiger charge is 2.04. The highest BCUT2D eigenvalue weighted by Crippen LogP contribution is 2.28. The van der Waals surface area contributed by atoms with Crippen molar-refractivity contribution < 1.29 is 19.0 Å². The van der Waals surface area contributed by atoms with E-state index in [0.717, 1.165) is 5.56 Å². The van der Waals surface area contributed by atoms with Crippen molar-refractivity contribution in [2.45, 2.75) is 6.92 Å². The number of carbonyl (C=O) groups is 1. The zero-order valence-corrected chi connectivity index (χ0v) is 10.2. The quantitative estimate of drug-likeness (QED) is 0.561. The zero-order valence-electron chi connectivity index (χ0n) is 10.2. The molecular weight excluding hydrogens is 220 g/mol. The lowest BCUT2D eigenvalue weighted by Crippen LogP contribution is -2.00. The molecule has 1 aromatic carbocycles. The Kier molecular flexibility index (Phi) is 5.23. The van der Waals surface area contributed by atoms with Gasteiger partial charge in [0.05, 0.1) is 7.11 Å². The molecular formula is C13H16O4. The van der Waals surface area contributed by atoms with E-state index < -0.39 is 0 Å². The van der Waals surface area contributed by atoms with Gasteiger partial charge in [-0.1, -0.05) is 12.1 Å². The third-order valence-corrected chi connectivity index (χ3v) is 2.03. The summed E-state index contributed by atoms with van der Waals surface area (Å²) in [5.41, 5.74) is 0.877. The van der Waals surface area contributed by atoms with E-state index in [9.17, 15) is 4.79 Å².